The zero-order chi connectivity index (χ0) is 57.7. The summed E-state index contributed by atoms with van der Waals surface area (Å²) in [5.41, 5.74) is 9.97. The van der Waals surface area contributed by atoms with E-state index in [4.69, 9.17) is 19.9 Å². The average Bonchev–Trinajstić information content (AvgIpc) is 4.10. The molecule has 1 aliphatic carbocycles. The number of anilines is 2. The van der Waals surface area contributed by atoms with Crippen LogP contribution in [-0.2, 0) is 40.0 Å². The normalized spacial score (nSPS) is 17.4. The van der Waals surface area contributed by atoms with Gasteiger partial charge in [-0.15, -0.1) is 11.3 Å². The Hall–Kier alpha value is -6.77. The van der Waals surface area contributed by atoms with Gasteiger partial charge in [0, 0.05) is 125 Å². The highest BCUT2D eigenvalue weighted by Crippen LogP contribution is 2.35. The van der Waals surface area contributed by atoms with Crippen molar-refractivity contribution in [3.05, 3.63) is 105 Å². The lowest BCUT2D eigenvalue weighted by atomic mass is 9.77. The average molecular weight is 1110 g/mol. The number of likely N-dealkylation sites (tertiary alicyclic amines) is 1. The maximum Gasteiger partial charge on any atom is 0.246 e. The molecule has 0 spiro atoms. The number of thiazole rings is 1. The third kappa shape index (κ3) is 16.4. The van der Waals surface area contributed by atoms with Gasteiger partial charge in [-0.2, -0.15) is 0 Å². The highest BCUT2D eigenvalue weighted by Gasteiger charge is 2.44. The lowest BCUT2D eigenvalue weighted by molar-refractivity contribution is -0.147. The molecule has 3 aliphatic rings. The SMILES string of the molecule is CC1=CC(C)=C(CCC(=O)c2cc(-c3ccc(N4CCN(CCNC(=O)COCCOCC(=O)C[C@H](C(=O)N5C[C@H](O)C[C@H]5C(=O)NCc5ccc(-c6scnc6C)cc5)C(C)(C)C)CC4)nc3)cc(NC(C)C)c2C=N)C(=O)C1. The van der Waals surface area contributed by atoms with Crippen LogP contribution in [-0.4, -0.2) is 157 Å². The van der Waals surface area contributed by atoms with E-state index >= 15 is 0 Å². The van der Waals surface area contributed by atoms with Crippen molar-refractivity contribution in [2.45, 2.75) is 112 Å². The summed E-state index contributed by atoms with van der Waals surface area (Å²) in [5, 5.41) is 28.1. The van der Waals surface area contributed by atoms with Crippen LogP contribution in [0.3, 0.4) is 0 Å². The third-order valence-corrected chi connectivity index (χ3v) is 15.8. The maximum atomic E-state index is 14.1. The Balaban J connectivity index is 0.791. The van der Waals surface area contributed by atoms with Crippen LogP contribution in [0.15, 0.2) is 83.0 Å². The van der Waals surface area contributed by atoms with Crippen LogP contribution in [0.5, 0.6) is 0 Å². The van der Waals surface area contributed by atoms with Crippen LogP contribution in [0.25, 0.3) is 21.6 Å². The second kappa shape index (κ2) is 28.1. The van der Waals surface area contributed by atoms with Crippen LogP contribution in [0.4, 0.5) is 11.5 Å². The Kier molecular flexibility index (Phi) is 21.4. The molecule has 2 aromatic carbocycles. The summed E-state index contributed by atoms with van der Waals surface area (Å²) < 4.78 is 11.1. The van der Waals surface area contributed by atoms with Gasteiger partial charge in [0.2, 0.25) is 17.7 Å². The van der Waals surface area contributed by atoms with Crippen molar-refractivity contribution in [3.63, 3.8) is 0 Å². The molecule has 2 aliphatic heterocycles. The summed E-state index contributed by atoms with van der Waals surface area (Å²) in [6.45, 7) is 19.6. The number of hydrogen-bond donors (Lipinski definition) is 5. The molecule has 2 saturated heterocycles. The molecule has 0 saturated carbocycles. The number of allylic oxidation sites excluding steroid dienone is 4. The molecular weight excluding hydrogens is 1030 g/mol. The molecule has 0 bridgehead atoms. The molecule has 4 heterocycles. The van der Waals surface area contributed by atoms with E-state index in [-0.39, 0.29) is 99.9 Å². The third-order valence-electron chi connectivity index (χ3n) is 14.9. The van der Waals surface area contributed by atoms with Crippen LogP contribution >= 0.6 is 11.3 Å². The molecule has 18 nitrogen and oxygen atoms in total. The van der Waals surface area contributed by atoms with E-state index in [9.17, 15) is 33.9 Å². The van der Waals surface area contributed by atoms with Gasteiger partial charge in [-0.05, 0) is 98.6 Å². The number of carbonyl (C=O) groups is 6. The molecule has 3 atom stereocenters. The Bertz CT molecular complexity index is 2940. The number of ether oxygens (including phenoxy) is 2. The number of hydrogen-bond acceptors (Lipinski definition) is 16. The largest absolute Gasteiger partial charge is 0.391 e. The molecule has 428 valence electrons. The number of Topliss-reactive ketones (excluding diaryl/α,β-unsaturated/α-hetero) is 3. The second-order valence-corrected chi connectivity index (χ2v) is 23.4. The number of aliphatic hydroxyl groups excluding tert-OH is 1. The Morgan fingerprint density at radius 1 is 0.912 bits per heavy atom. The number of nitrogens with zero attached hydrogens (tertiary/aromatic N) is 5. The zero-order valence-electron chi connectivity index (χ0n) is 47.6. The monoisotopic (exact) mass is 1110 g/mol. The first-order valence-electron chi connectivity index (χ1n) is 27.7. The topological polar surface area (TPSA) is 237 Å². The number of rotatable bonds is 26. The molecule has 2 aromatic heterocycles. The maximum absolute atomic E-state index is 14.1. The molecule has 19 heteroatoms. The summed E-state index contributed by atoms with van der Waals surface area (Å²) in [4.78, 5) is 96.1. The first kappa shape index (κ1) is 60.9. The van der Waals surface area contributed by atoms with Crippen molar-refractivity contribution in [3.8, 4) is 21.6 Å². The number of piperazine rings is 1. The lowest BCUT2D eigenvalue weighted by Crippen LogP contribution is -2.50. The summed E-state index contributed by atoms with van der Waals surface area (Å²) in [6, 6.07) is 14.8. The Labute approximate surface area is 474 Å². The van der Waals surface area contributed by atoms with E-state index in [2.05, 4.69) is 30.7 Å². The predicted molar refractivity (Wildman–Crippen MR) is 312 cm³/mol. The van der Waals surface area contributed by atoms with Crippen LogP contribution in [0, 0.1) is 23.7 Å². The number of amides is 3. The standard InChI is InChI=1S/C61H79N9O9S/c1-38(2)67-52-28-45(27-49(50(52)31-62)54(73)15-14-48-40(4)25-39(3)26-55(48)74)44-13-16-56(64-33-44)69-21-19-68(20-22-69)18-17-63-57(75)36-79-24-23-78-35-47(72)29-51(61(6,7)8)60(77)70-34-46(71)30-53(70)59(76)65-32-42-9-11-43(12-10-42)58-41(5)66-37-80-58/h9-13,16,25,27-28,31,33,37-38,46,51,53,62,67,71H,14-15,17-24,26,29-30,32,34-36H2,1-8H3,(H,63,75)(H,65,76)/t46-,51-,53+/m1/s1. The quantitative estimate of drug-likeness (QED) is 0.0235. The van der Waals surface area contributed by atoms with Gasteiger partial charge >= 0.3 is 0 Å². The van der Waals surface area contributed by atoms with Crippen molar-refractivity contribution >= 4 is 64.1 Å². The minimum absolute atomic E-state index is 0.00276. The summed E-state index contributed by atoms with van der Waals surface area (Å²) >= 11 is 1.57. The fourth-order valence-electron chi connectivity index (χ4n) is 10.5. The number of carbonyl (C=O) groups excluding carboxylic acids is 6. The first-order valence-corrected chi connectivity index (χ1v) is 28.6. The van der Waals surface area contributed by atoms with Gasteiger partial charge in [0.15, 0.2) is 17.3 Å². The molecule has 4 aromatic rings. The van der Waals surface area contributed by atoms with Gasteiger partial charge in [-0.25, -0.2) is 9.97 Å². The Morgan fingerprint density at radius 3 is 2.26 bits per heavy atom. The number of ketones is 3. The molecule has 0 unspecified atom stereocenters. The molecular formula is C61H79N9O9S. The summed E-state index contributed by atoms with van der Waals surface area (Å²) in [7, 11) is 0. The molecule has 80 heavy (non-hydrogen) atoms. The van der Waals surface area contributed by atoms with E-state index in [1.54, 1.807) is 11.3 Å². The van der Waals surface area contributed by atoms with Gasteiger partial charge in [-0.3, -0.25) is 33.7 Å². The first-order chi connectivity index (χ1) is 38.2. The molecule has 2 fully saturated rings. The van der Waals surface area contributed by atoms with E-state index < -0.39 is 23.5 Å². The Morgan fingerprint density at radius 2 is 1.62 bits per heavy atom. The van der Waals surface area contributed by atoms with Crippen molar-refractivity contribution in [2.75, 3.05) is 82.5 Å². The molecule has 3 amide bonds. The van der Waals surface area contributed by atoms with Crippen molar-refractivity contribution < 1.29 is 43.3 Å². The van der Waals surface area contributed by atoms with Gasteiger partial charge in [0.05, 0.1) is 35.4 Å². The van der Waals surface area contributed by atoms with E-state index in [1.807, 2.05) is 122 Å². The lowest BCUT2D eigenvalue weighted by Gasteiger charge is -2.35. The predicted octanol–water partition coefficient (Wildman–Crippen LogP) is 7.37. The van der Waals surface area contributed by atoms with E-state index in [0.29, 0.717) is 48.3 Å². The number of aryl methyl sites for hydroxylation is 1. The number of benzene rings is 2. The fourth-order valence-corrected chi connectivity index (χ4v) is 11.3. The van der Waals surface area contributed by atoms with Gasteiger partial charge in [-0.1, -0.05) is 56.7 Å². The number of pyridine rings is 1. The number of aliphatic hydroxyl groups is 1. The second-order valence-electron chi connectivity index (χ2n) is 22.5. The van der Waals surface area contributed by atoms with Crippen LogP contribution < -0.4 is 20.9 Å². The summed E-state index contributed by atoms with van der Waals surface area (Å²) in [5.74, 6) is -1.27. The smallest absolute Gasteiger partial charge is 0.246 e. The highest BCUT2D eigenvalue weighted by molar-refractivity contribution is 7.13. The van der Waals surface area contributed by atoms with Crippen molar-refractivity contribution in [1.29, 1.82) is 5.41 Å². The van der Waals surface area contributed by atoms with Gasteiger partial charge in [0.25, 0.3) is 0 Å². The van der Waals surface area contributed by atoms with Crippen molar-refractivity contribution in [2.24, 2.45) is 11.3 Å². The highest BCUT2D eigenvalue weighted by atomic mass is 32.1. The van der Waals surface area contributed by atoms with E-state index in [1.165, 1.54) is 11.1 Å². The minimum Gasteiger partial charge on any atom is -0.391 e. The summed E-state index contributed by atoms with van der Waals surface area (Å²) in [6.07, 6.45) is 5.05. The van der Waals surface area contributed by atoms with E-state index in [0.717, 1.165) is 76.0 Å². The van der Waals surface area contributed by atoms with Crippen LogP contribution in [0.2, 0.25) is 0 Å². The van der Waals surface area contributed by atoms with Crippen molar-refractivity contribution in [1.82, 2.24) is 30.4 Å². The molecule has 7 rings (SSSR count). The zero-order valence-corrected chi connectivity index (χ0v) is 48.4. The van der Waals surface area contributed by atoms with Gasteiger partial charge < -0.3 is 45.7 Å². The number of nitrogens with one attached hydrogen (secondary N) is 4. The van der Waals surface area contributed by atoms with Gasteiger partial charge in [0.1, 0.15) is 25.1 Å². The van der Waals surface area contributed by atoms with Crippen LogP contribution in [0.1, 0.15) is 108 Å². The molecule has 5 N–H and O–H groups in total. The fraction of sp³-hybridized carbons (Fsp3) is 0.492. The molecule has 0 radical (unpaired) electrons. The minimum atomic E-state index is -0.874. The number of β-amino-alcohol motifs (C(OH)–C–C–N with tert-alkyl or cyclic N) is 1. The number of aromatic nitrogens is 2.